The van der Waals surface area contributed by atoms with E-state index in [9.17, 15) is 13.2 Å². The van der Waals surface area contributed by atoms with E-state index in [2.05, 4.69) is 11.2 Å². The van der Waals surface area contributed by atoms with E-state index in [0.717, 1.165) is 0 Å². The van der Waals surface area contributed by atoms with Crippen molar-refractivity contribution in [3.8, 4) is 12.3 Å². The third-order valence-electron chi connectivity index (χ3n) is 2.00. The number of hydrogen-bond acceptors (Lipinski definition) is 3. The SMILES string of the molecule is C#CCNC(=O)c1ccc(CS(C)(=O)=O)cc1. The number of carbonyl (C=O) groups is 1. The van der Waals surface area contributed by atoms with Crippen LogP contribution in [0.2, 0.25) is 0 Å². The molecule has 0 saturated heterocycles. The van der Waals surface area contributed by atoms with E-state index < -0.39 is 9.84 Å². The minimum Gasteiger partial charge on any atom is -0.341 e. The fourth-order valence-corrected chi connectivity index (χ4v) is 2.09. The van der Waals surface area contributed by atoms with Crippen LogP contribution in [0.3, 0.4) is 0 Å². The van der Waals surface area contributed by atoms with Crippen molar-refractivity contribution in [3.63, 3.8) is 0 Å². The van der Waals surface area contributed by atoms with E-state index >= 15 is 0 Å². The molecular formula is C12H13NO3S. The highest BCUT2D eigenvalue weighted by Gasteiger charge is 2.07. The van der Waals surface area contributed by atoms with Crippen molar-refractivity contribution >= 4 is 15.7 Å². The molecule has 0 saturated carbocycles. The molecule has 0 unspecified atom stereocenters. The lowest BCUT2D eigenvalue weighted by Crippen LogP contribution is -2.23. The van der Waals surface area contributed by atoms with Crippen LogP contribution in [0.4, 0.5) is 0 Å². The van der Waals surface area contributed by atoms with Gasteiger partial charge in [0.1, 0.15) is 0 Å². The van der Waals surface area contributed by atoms with Crippen LogP contribution in [0.1, 0.15) is 15.9 Å². The van der Waals surface area contributed by atoms with Gasteiger partial charge in [-0.3, -0.25) is 4.79 Å². The molecule has 1 aromatic rings. The standard InChI is InChI=1S/C12H13NO3S/c1-3-8-13-12(14)11-6-4-10(5-7-11)9-17(2,15)16/h1,4-7H,8-9H2,2H3,(H,13,14). The summed E-state index contributed by atoms with van der Waals surface area (Å²) in [6.45, 7) is 0.171. The zero-order valence-corrected chi connectivity index (χ0v) is 10.3. The Balaban J connectivity index is 2.75. The molecule has 1 rings (SSSR count). The molecule has 0 atom stereocenters. The molecule has 0 aromatic heterocycles. The molecule has 5 heteroatoms. The second kappa shape index (κ2) is 5.51. The molecular weight excluding hydrogens is 238 g/mol. The molecule has 0 radical (unpaired) electrons. The van der Waals surface area contributed by atoms with Gasteiger partial charge in [-0.05, 0) is 17.7 Å². The largest absolute Gasteiger partial charge is 0.341 e. The summed E-state index contributed by atoms with van der Waals surface area (Å²) in [5.74, 6) is 2.00. The zero-order chi connectivity index (χ0) is 12.9. The predicted molar refractivity (Wildman–Crippen MR) is 66.2 cm³/mol. The Morgan fingerprint density at radius 3 is 2.41 bits per heavy atom. The van der Waals surface area contributed by atoms with Gasteiger partial charge in [-0.25, -0.2) is 8.42 Å². The Morgan fingerprint density at radius 1 is 1.35 bits per heavy atom. The topological polar surface area (TPSA) is 63.2 Å². The zero-order valence-electron chi connectivity index (χ0n) is 9.43. The fourth-order valence-electron chi connectivity index (χ4n) is 1.29. The lowest BCUT2D eigenvalue weighted by atomic mass is 10.1. The van der Waals surface area contributed by atoms with Gasteiger partial charge in [0, 0.05) is 11.8 Å². The van der Waals surface area contributed by atoms with E-state index in [1.165, 1.54) is 6.26 Å². The molecule has 0 fully saturated rings. The average Bonchev–Trinajstić information content (AvgIpc) is 2.24. The summed E-state index contributed by atoms with van der Waals surface area (Å²) in [6, 6.07) is 6.39. The first kappa shape index (κ1) is 13.3. The summed E-state index contributed by atoms with van der Waals surface area (Å²) in [6.07, 6.45) is 6.18. The van der Waals surface area contributed by atoms with Crippen molar-refractivity contribution < 1.29 is 13.2 Å². The summed E-state index contributed by atoms with van der Waals surface area (Å²) in [7, 11) is -3.05. The van der Waals surface area contributed by atoms with Crippen LogP contribution >= 0.6 is 0 Å². The Hall–Kier alpha value is -1.80. The fraction of sp³-hybridized carbons (Fsp3) is 0.250. The highest BCUT2D eigenvalue weighted by atomic mass is 32.2. The van der Waals surface area contributed by atoms with Gasteiger partial charge in [-0.2, -0.15) is 0 Å². The molecule has 1 aromatic carbocycles. The molecule has 0 aliphatic carbocycles. The molecule has 1 N–H and O–H groups in total. The van der Waals surface area contributed by atoms with E-state index in [-0.39, 0.29) is 18.2 Å². The van der Waals surface area contributed by atoms with Gasteiger partial charge < -0.3 is 5.32 Å². The normalized spacial score (nSPS) is 10.6. The van der Waals surface area contributed by atoms with Gasteiger partial charge in [0.2, 0.25) is 0 Å². The molecule has 1 amide bonds. The van der Waals surface area contributed by atoms with Gasteiger partial charge in [-0.15, -0.1) is 6.42 Å². The average molecular weight is 251 g/mol. The van der Waals surface area contributed by atoms with Crippen LogP contribution < -0.4 is 5.32 Å². The minimum atomic E-state index is -3.05. The van der Waals surface area contributed by atoms with Crippen LogP contribution in [-0.2, 0) is 15.6 Å². The second-order valence-corrected chi connectivity index (χ2v) is 5.79. The summed E-state index contributed by atoms with van der Waals surface area (Å²) < 4.78 is 22.1. The van der Waals surface area contributed by atoms with Crippen molar-refractivity contribution in [2.45, 2.75) is 5.75 Å². The molecule has 90 valence electrons. The second-order valence-electron chi connectivity index (χ2n) is 3.65. The summed E-state index contributed by atoms with van der Waals surface area (Å²) in [5.41, 5.74) is 1.11. The lowest BCUT2D eigenvalue weighted by molar-refractivity contribution is 0.0958. The number of carbonyl (C=O) groups excluding carboxylic acids is 1. The van der Waals surface area contributed by atoms with Crippen molar-refractivity contribution in [1.29, 1.82) is 0 Å². The molecule has 0 bridgehead atoms. The van der Waals surface area contributed by atoms with Crippen molar-refractivity contribution in [2.75, 3.05) is 12.8 Å². The van der Waals surface area contributed by atoms with Crippen LogP contribution in [0.25, 0.3) is 0 Å². The number of nitrogens with one attached hydrogen (secondary N) is 1. The Labute approximate surface area is 101 Å². The van der Waals surface area contributed by atoms with E-state index in [1.54, 1.807) is 24.3 Å². The summed E-state index contributed by atoms with van der Waals surface area (Å²) in [4.78, 5) is 11.5. The third-order valence-corrected chi connectivity index (χ3v) is 2.85. The maximum Gasteiger partial charge on any atom is 0.252 e. The van der Waals surface area contributed by atoms with Gasteiger partial charge in [0.25, 0.3) is 5.91 Å². The number of hydrogen-bond donors (Lipinski definition) is 1. The van der Waals surface area contributed by atoms with Crippen LogP contribution in [0.15, 0.2) is 24.3 Å². The predicted octanol–water partition coefficient (Wildman–Crippen LogP) is 0.594. The number of sulfone groups is 1. The van der Waals surface area contributed by atoms with E-state index in [0.29, 0.717) is 11.1 Å². The number of amides is 1. The summed E-state index contributed by atoms with van der Waals surface area (Å²) >= 11 is 0. The third kappa shape index (κ3) is 4.70. The highest BCUT2D eigenvalue weighted by Crippen LogP contribution is 2.07. The Morgan fingerprint density at radius 2 is 1.94 bits per heavy atom. The van der Waals surface area contributed by atoms with Crippen molar-refractivity contribution in [3.05, 3.63) is 35.4 Å². The maximum atomic E-state index is 11.5. The van der Waals surface area contributed by atoms with Gasteiger partial charge in [0.15, 0.2) is 9.84 Å². The first-order valence-corrected chi connectivity index (χ1v) is 6.97. The van der Waals surface area contributed by atoms with Crippen LogP contribution in [0, 0.1) is 12.3 Å². The van der Waals surface area contributed by atoms with Crippen molar-refractivity contribution in [2.24, 2.45) is 0 Å². The first-order chi connectivity index (χ1) is 7.92. The lowest BCUT2D eigenvalue weighted by Gasteiger charge is -2.03. The van der Waals surface area contributed by atoms with Gasteiger partial charge in [-0.1, -0.05) is 18.1 Å². The monoisotopic (exact) mass is 251 g/mol. The van der Waals surface area contributed by atoms with Gasteiger partial charge in [0.05, 0.1) is 12.3 Å². The quantitative estimate of drug-likeness (QED) is 0.797. The molecule has 0 aliphatic heterocycles. The molecule has 0 heterocycles. The number of terminal acetylenes is 1. The minimum absolute atomic E-state index is 0.0285. The molecule has 0 aliphatic rings. The van der Waals surface area contributed by atoms with Crippen LogP contribution in [0.5, 0.6) is 0 Å². The molecule has 4 nitrogen and oxygen atoms in total. The smallest absolute Gasteiger partial charge is 0.252 e. The Bertz CT molecular complexity index is 538. The first-order valence-electron chi connectivity index (χ1n) is 4.91. The van der Waals surface area contributed by atoms with E-state index in [4.69, 9.17) is 6.42 Å². The Kier molecular flexibility index (Phi) is 4.30. The number of rotatable bonds is 4. The maximum absolute atomic E-state index is 11.5. The van der Waals surface area contributed by atoms with Crippen LogP contribution in [-0.4, -0.2) is 27.1 Å². The van der Waals surface area contributed by atoms with E-state index in [1.807, 2.05) is 0 Å². The molecule has 17 heavy (non-hydrogen) atoms. The van der Waals surface area contributed by atoms with Crippen molar-refractivity contribution in [1.82, 2.24) is 5.32 Å². The summed E-state index contributed by atoms with van der Waals surface area (Å²) in [5, 5.41) is 2.52. The molecule has 0 spiro atoms. The highest BCUT2D eigenvalue weighted by molar-refractivity contribution is 7.89. The van der Waals surface area contributed by atoms with Gasteiger partial charge >= 0.3 is 0 Å². The number of benzene rings is 1.